The van der Waals surface area contributed by atoms with Crippen LogP contribution in [0.15, 0.2) is 85.1 Å². The number of quaternary nitrogens is 1. The number of hydrogen-bond acceptors (Lipinski definition) is 7. The maximum absolute atomic E-state index is 12.8. The van der Waals surface area contributed by atoms with Gasteiger partial charge in [-0.05, 0) is 89.9 Å². The number of phosphoric acid groups is 1. The van der Waals surface area contributed by atoms with Gasteiger partial charge < -0.3 is 18.9 Å². The topological polar surface area (TPSA) is 108 Å². The van der Waals surface area contributed by atoms with E-state index in [2.05, 4.69) is 98.9 Å². The van der Waals surface area contributed by atoms with Crippen LogP contribution in [0, 0.1) is 0 Å². The lowest BCUT2D eigenvalue weighted by Gasteiger charge is -2.24. The van der Waals surface area contributed by atoms with E-state index in [4.69, 9.17) is 18.5 Å². The summed E-state index contributed by atoms with van der Waals surface area (Å²) >= 11 is 0. The minimum atomic E-state index is -4.39. The Hall–Kier alpha value is -2.81. The first-order valence-electron chi connectivity index (χ1n) is 26.3. The second-order valence-corrected chi connectivity index (χ2v) is 20.0. The fraction of sp³-hybridized carbons (Fsp3) is 0.714. The first-order chi connectivity index (χ1) is 32.0. The molecule has 0 aromatic heterocycles. The standard InChI is InChI=1S/C56H98NO8P/c1-6-8-10-12-14-16-18-20-22-24-25-26-27-28-29-30-31-33-35-37-39-41-43-45-47-49-56(59)65-54(53-64-66(60,61)63-51-50-57(3,4)5)52-62-55(58)48-46-44-42-40-38-36-34-32-23-21-19-17-15-13-11-9-7-2/h8,10,14,16,20-23,25-26,28-29,31,33,54H,6-7,9,11-13,15,17-19,24,27,30,32,34-53H2,1-5H3/p+1/b10-8-,16-14-,22-20-,23-21-,26-25-,29-28-,33-31-. The van der Waals surface area contributed by atoms with Gasteiger partial charge in [-0.2, -0.15) is 0 Å². The molecule has 1 N–H and O–H groups in total. The molecule has 0 fully saturated rings. The lowest BCUT2D eigenvalue weighted by Crippen LogP contribution is -2.37. The Kier molecular flexibility index (Phi) is 45.3. The van der Waals surface area contributed by atoms with Crippen molar-refractivity contribution >= 4 is 19.8 Å². The van der Waals surface area contributed by atoms with E-state index in [0.29, 0.717) is 17.4 Å². The van der Waals surface area contributed by atoms with Gasteiger partial charge in [-0.25, -0.2) is 4.57 Å². The molecule has 2 unspecified atom stereocenters. The van der Waals surface area contributed by atoms with Gasteiger partial charge in [0.15, 0.2) is 6.10 Å². The summed E-state index contributed by atoms with van der Waals surface area (Å²) in [6, 6.07) is 0. The van der Waals surface area contributed by atoms with Crippen molar-refractivity contribution in [1.82, 2.24) is 0 Å². The molecule has 0 aromatic rings. The molecule has 66 heavy (non-hydrogen) atoms. The highest BCUT2D eigenvalue weighted by Gasteiger charge is 2.27. The number of nitrogens with zero attached hydrogens (tertiary/aromatic N) is 1. The predicted molar refractivity (Wildman–Crippen MR) is 279 cm³/mol. The second kappa shape index (κ2) is 47.3. The number of unbranched alkanes of at least 4 members (excludes halogenated alkanes) is 19. The molecule has 0 aliphatic heterocycles. The van der Waals surface area contributed by atoms with Crippen LogP contribution >= 0.6 is 7.82 Å². The molecule has 380 valence electrons. The fourth-order valence-corrected chi connectivity index (χ4v) is 7.58. The van der Waals surface area contributed by atoms with Gasteiger partial charge in [-0.15, -0.1) is 0 Å². The van der Waals surface area contributed by atoms with Gasteiger partial charge in [0.2, 0.25) is 0 Å². The van der Waals surface area contributed by atoms with Crippen LogP contribution in [0.3, 0.4) is 0 Å². The van der Waals surface area contributed by atoms with Gasteiger partial charge in [-0.3, -0.25) is 18.6 Å². The van der Waals surface area contributed by atoms with Crippen LogP contribution in [0.4, 0.5) is 0 Å². The number of carbonyl (C=O) groups is 2. The zero-order valence-corrected chi connectivity index (χ0v) is 43.8. The molecule has 0 saturated carbocycles. The van der Waals surface area contributed by atoms with E-state index >= 15 is 0 Å². The van der Waals surface area contributed by atoms with Gasteiger partial charge in [0, 0.05) is 12.8 Å². The summed E-state index contributed by atoms with van der Waals surface area (Å²) in [6.45, 7) is 4.28. The number of ether oxygens (including phenoxy) is 2. The van der Waals surface area contributed by atoms with Gasteiger partial charge >= 0.3 is 19.8 Å². The molecule has 0 aliphatic carbocycles. The van der Waals surface area contributed by atoms with E-state index < -0.39 is 26.5 Å². The Morgan fingerprint density at radius 3 is 1.30 bits per heavy atom. The largest absolute Gasteiger partial charge is 0.472 e. The van der Waals surface area contributed by atoms with Crippen molar-refractivity contribution in [2.24, 2.45) is 0 Å². The molecule has 0 radical (unpaired) electrons. The first-order valence-corrected chi connectivity index (χ1v) is 27.8. The number of carbonyl (C=O) groups excluding carboxylic acids is 2. The third kappa shape index (κ3) is 50.6. The van der Waals surface area contributed by atoms with Crippen molar-refractivity contribution < 1.29 is 42.1 Å². The molecular formula is C56H99NO8P+. The Bertz CT molecular complexity index is 1390. The van der Waals surface area contributed by atoms with Gasteiger partial charge in [-0.1, -0.05) is 189 Å². The van der Waals surface area contributed by atoms with Crippen molar-refractivity contribution in [3.05, 3.63) is 85.1 Å². The van der Waals surface area contributed by atoms with Crippen molar-refractivity contribution in [2.75, 3.05) is 47.5 Å². The number of rotatable bonds is 47. The number of hydrogen-bond donors (Lipinski definition) is 1. The van der Waals surface area contributed by atoms with Crippen LogP contribution in [0.5, 0.6) is 0 Å². The summed E-state index contributed by atoms with van der Waals surface area (Å²) in [5.74, 6) is -0.823. The summed E-state index contributed by atoms with van der Waals surface area (Å²) in [6.07, 6.45) is 62.0. The zero-order valence-electron chi connectivity index (χ0n) is 42.9. The molecule has 0 heterocycles. The molecule has 0 aromatic carbocycles. The second-order valence-electron chi connectivity index (χ2n) is 18.5. The van der Waals surface area contributed by atoms with E-state index in [0.717, 1.165) is 109 Å². The normalized spacial score (nSPS) is 14.1. The summed E-state index contributed by atoms with van der Waals surface area (Å²) in [7, 11) is 1.45. The van der Waals surface area contributed by atoms with Crippen molar-refractivity contribution in [3.63, 3.8) is 0 Å². The molecule has 0 saturated heterocycles. The maximum atomic E-state index is 12.8. The van der Waals surface area contributed by atoms with Crippen LogP contribution in [0.2, 0.25) is 0 Å². The summed E-state index contributed by atoms with van der Waals surface area (Å²) < 4.78 is 34.5. The first kappa shape index (κ1) is 63.2. The Labute approximate surface area is 405 Å². The summed E-state index contributed by atoms with van der Waals surface area (Å²) in [4.78, 5) is 35.6. The minimum Gasteiger partial charge on any atom is -0.462 e. The van der Waals surface area contributed by atoms with Gasteiger partial charge in [0.05, 0.1) is 27.7 Å². The van der Waals surface area contributed by atoms with Crippen molar-refractivity contribution in [3.8, 4) is 0 Å². The number of esters is 2. The van der Waals surface area contributed by atoms with E-state index in [1.165, 1.54) is 64.2 Å². The molecule has 0 spiro atoms. The van der Waals surface area contributed by atoms with E-state index in [9.17, 15) is 19.0 Å². The minimum absolute atomic E-state index is 0.0237. The van der Waals surface area contributed by atoms with Crippen molar-refractivity contribution in [1.29, 1.82) is 0 Å². The van der Waals surface area contributed by atoms with E-state index in [-0.39, 0.29) is 32.0 Å². The quantitative estimate of drug-likeness (QED) is 0.0211. The Morgan fingerprint density at radius 2 is 0.864 bits per heavy atom. The lowest BCUT2D eigenvalue weighted by atomic mass is 10.1. The highest BCUT2D eigenvalue weighted by molar-refractivity contribution is 7.47. The average molecular weight is 945 g/mol. The lowest BCUT2D eigenvalue weighted by molar-refractivity contribution is -0.870. The monoisotopic (exact) mass is 945 g/mol. The predicted octanol–water partition coefficient (Wildman–Crippen LogP) is 15.9. The van der Waals surface area contributed by atoms with Gasteiger partial charge in [0.25, 0.3) is 0 Å². The van der Waals surface area contributed by atoms with Crippen LogP contribution in [-0.4, -0.2) is 74.9 Å². The molecule has 0 amide bonds. The average Bonchev–Trinajstić information content (AvgIpc) is 3.27. The summed E-state index contributed by atoms with van der Waals surface area (Å²) in [5, 5.41) is 0. The van der Waals surface area contributed by atoms with Crippen molar-refractivity contribution in [2.45, 2.75) is 213 Å². The maximum Gasteiger partial charge on any atom is 0.472 e. The van der Waals surface area contributed by atoms with Crippen LogP contribution < -0.4 is 0 Å². The third-order valence-electron chi connectivity index (χ3n) is 10.9. The highest BCUT2D eigenvalue weighted by Crippen LogP contribution is 2.43. The Balaban J connectivity index is 4.30. The fourth-order valence-electron chi connectivity index (χ4n) is 6.84. The molecule has 0 aliphatic rings. The van der Waals surface area contributed by atoms with E-state index in [1.807, 2.05) is 21.1 Å². The smallest absolute Gasteiger partial charge is 0.462 e. The van der Waals surface area contributed by atoms with Crippen LogP contribution in [-0.2, 0) is 32.7 Å². The highest BCUT2D eigenvalue weighted by atomic mass is 31.2. The number of allylic oxidation sites excluding steroid dienone is 14. The molecule has 0 rings (SSSR count). The third-order valence-corrected chi connectivity index (χ3v) is 11.9. The number of likely N-dealkylation sites (N-methyl/N-ethyl adjacent to an activating group) is 1. The molecule has 9 nitrogen and oxygen atoms in total. The number of phosphoric ester groups is 1. The van der Waals surface area contributed by atoms with Crippen LogP contribution in [0.1, 0.15) is 206 Å². The molecular weight excluding hydrogens is 846 g/mol. The SMILES string of the molecule is CC/C=C\C/C=C\C/C=C\C/C=C\C/C=C\C/C=C\CCCCCCCCC(=O)OC(COC(=O)CCCCCCCCC/C=C\CCCCCCCC)COP(=O)(O)OCC[N+](C)(C)C. The van der Waals surface area contributed by atoms with Crippen LogP contribution in [0.25, 0.3) is 0 Å². The molecule has 2 atom stereocenters. The molecule has 0 bridgehead atoms. The molecule has 10 heteroatoms. The Morgan fingerprint density at radius 1 is 0.485 bits per heavy atom. The summed E-state index contributed by atoms with van der Waals surface area (Å²) in [5.41, 5.74) is 0. The zero-order chi connectivity index (χ0) is 48.5. The van der Waals surface area contributed by atoms with Gasteiger partial charge in [0.1, 0.15) is 19.8 Å². The van der Waals surface area contributed by atoms with E-state index in [1.54, 1.807) is 0 Å².